The molecule has 0 unspecified atom stereocenters. The number of hydrogen-bond acceptors (Lipinski definition) is 1. The Bertz CT molecular complexity index is 218. The van der Waals surface area contributed by atoms with Crippen molar-refractivity contribution >= 4 is 13.5 Å². The molecule has 0 bridgehead atoms. The third-order valence-electron chi connectivity index (χ3n) is 1.81. The minimum absolute atomic E-state index is 0.0581. The van der Waals surface area contributed by atoms with E-state index in [2.05, 4.69) is 44.9 Å². The van der Waals surface area contributed by atoms with Crippen LogP contribution >= 0.6 is 7.26 Å². The quantitative estimate of drug-likeness (QED) is 0.536. The van der Waals surface area contributed by atoms with E-state index in [0.717, 1.165) is 0 Å². The van der Waals surface area contributed by atoms with Crippen molar-refractivity contribution in [1.82, 2.24) is 0 Å². The molecule has 0 atom stereocenters. The normalized spacial score (nSPS) is 22.1. The lowest BCUT2D eigenvalue weighted by Crippen LogP contribution is -2.08. The van der Waals surface area contributed by atoms with Crippen molar-refractivity contribution in [1.29, 1.82) is 0 Å². The van der Waals surface area contributed by atoms with Crippen LogP contribution in [0.1, 0.15) is 13.8 Å². The first-order chi connectivity index (χ1) is 4.81. The molecule has 0 N–H and O–H groups in total. The van der Waals surface area contributed by atoms with E-state index < -0.39 is 7.26 Å². The summed E-state index contributed by atoms with van der Waals surface area (Å²) in [6.07, 6.45) is 4.34. The van der Waals surface area contributed by atoms with Gasteiger partial charge in [-0.2, -0.15) is 0 Å². The standard InChI is InChI=1S/C9H17NP/c1-9(2)6-8(7-10-9)11(3,4)5/h6-7H,1-5H3/q+1. The first-order valence-corrected chi connectivity index (χ1v) is 7.04. The Hall–Kier alpha value is -0.160. The third-order valence-corrected chi connectivity index (χ3v) is 3.60. The van der Waals surface area contributed by atoms with Crippen LogP contribution in [-0.2, 0) is 0 Å². The number of allylic oxidation sites excluding steroid dienone is 1. The fourth-order valence-corrected chi connectivity index (χ4v) is 2.14. The highest BCUT2D eigenvalue weighted by atomic mass is 31.2. The first-order valence-electron chi connectivity index (χ1n) is 3.91. The van der Waals surface area contributed by atoms with E-state index in [1.54, 1.807) is 0 Å². The maximum Gasteiger partial charge on any atom is 0.109 e. The van der Waals surface area contributed by atoms with E-state index in [1.165, 1.54) is 5.31 Å². The zero-order valence-corrected chi connectivity index (χ0v) is 8.94. The van der Waals surface area contributed by atoms with Crippen molar-refractivity contribution in [2.45, 2.75) is 19.4 Å². The lowest BCUT2D eigenvalue weighted by atomic mass is 10.1. The summed E-state index contributed by atoms with van der Waals surface area (Å²) in [4.78, 5) is 4.43. The molecule has 1 aliphatic heterocycles. The lowest BCUT2D eigenvalue weighted by Gasteiger charge is -2.11. The van der Waals surface area contributed by atoms with Gasteiger partial charge in [0.2, 0.25) is 0 Å². The largest absolute Gasteiger partial charge is 0.279 e. The highest BCUT2D eigenvalue weighted by molar-refractivity contribution is 7.78. The van der Waals surface area contributed by atoms with Crippen LogP contribution in [0.2, 0.25) is 0 Å². The number of rotatable bonds is 1. The molecule has 0 radical (unpaired) electrons. The summed E-state index contributed by atoms with van der Waals surface area (Å²) in [6, 6.07) is 0. The smallest absolute Gasteiger partial charge is 0.109 e. The molecule has 0 saturated heterocycles. The van der Waals surface area contributed by atoms with Crippen LogP contribution in [0.25, 0.3) is 0 Å². The van der Waals surface area contributed by atoms with Gasteiger partial charge in [-0.3, -0.25) is 4.99 Å². The van der Waals surface area contributed by atoms with E-state index in [9.17, 15) is 0 Å². The van der Waals surface area contributed by atoms with Crippen LogP contribution in [0.4, 0.5) is 0 Å². The molecule has 0 aromatic heterocycles. The average molecular weight is 170 g/mol. The van der Waals surface area contributed by atoms with Crippen molar-refractivity contribution < 1.29 is 0 Å². The summed E-state index contributed by atoms with van der Waals surface area (Å²) in [6.45, 7) is 11.3. The van der Waals surface area contributed by atoms with Crippen molar-refractivity contribution in [3.63, 3.8) is 0 Å². The van der Waals surface area contributed by atoms with Gasteiger partial charge in [-0.25, -0.2) is 0 Å². The monoisotopic (exact) mass is 170 g/mol. The molecule has 1 nitrogen and oxygen atoms in total. The van der Waals surface area contributed by atoms with Gasteiger partial charge in [-0.05, 0) is 19.9 Å². The van der Waals surface area contributed by atoms with Gasteiger partial charge in [0.05, 0.1) is 31.7 Å². The second-order valence-electron chi connectivity index (χ2n) is 4.49. The van der Waals surface area contributed by atoms with Crippen LogP contribution in [0, 0.1) is 0 Å². The second-order valence-corrected chi connectivity index (χ2v) is 9.03. The summed E-state index contributed by atoms with van der Waals surface area (Å²) < 4.78 is 0. The molecule has 0 amide bonds. The van der Waals surface area contributed by atoms with Gasteiger partial charge in [0, 0.05) is 7.26 Å². The third kappa shape index (κ3) is 2.13. The molecular weight excluding hydrogens is 153 g/mol. The Balaban J connectivity index is 2.89. The van der Waals surface area contributed by atoms with Gasteiger partial charge in [-0.15, -0.1) is 0 Å². The molecule has 2 heteroatoms. The maximum atomic E-state index is 4.43. The number of hydrogen-bond donors (Lipinski definition) is 0. The fourth-order valence-electron chi connectivity index (χ4n) is 1.04. The van der Waals surface area contributed by atoms with Crippen molar-refractivity contribution in [2.75, 3.05) is 20.0 Å². The Kier molecular flexibility index (Phi) is 1.96. The minimum Gasteiger partial charge on any atom is -0.279 e. The zero-order valence-electron chi connectivity index (χ0n) is 8.05. The Morgan fingerprint density at radius 2 is 1.82 bits per heavy atom. The van der Waals surface area contributed by atoms with Crippen LogP contribution in [0.5, 0.6) is 0 Å². The maximum absolute atomic E-state index is 4.43. The van der Waals surface area contributed by atoms with Gasteiger partial charge < -0.3 is 0 Å². The summed E-state index contributed by atoms with van der Waals surface area (Å²) in [5, 5.41) is 1.46. The van der Waals surface area contributed by atoms with Gasteiger partial charge in [-0.1, -0.05) is 0 Å². The van der Waals surface area contributed by atoms with Crippen LogP contribution in [0.3, 0.4) is 0 Å². The molecule has 0 saturated carbocycles. The van der Waals surface area contributed by atoms with Gasteiger partial charge in [0.15, 0.2) is 0 Å². The molecule has 0 aromatic rings. The highest BCUT2D eigenvalue weighted by Crippen LogP contribution is 2.56. The molecule has 1 heterocycles. The van der Waals surface area contributed by atoms with Crippen LogP contribution in [-0.4, -0.2) is 31.7 Å². The number of nitrogens with zero attached hydrogens (tertiary/aromatic N) is 1. The molecule has 62 valence electrons. The molecule has 1 rings (SSSR count). The predicted molar refractivity (Wildman–Crippen MR) is 55.3 cm³/mol. The molecule has 1 aliphatic rings. The van der Waals surface area contributed by atoms with E-state index >= 15 is 0 Å². The highest BCUT2D eigenvalue weighted by Gasteiger charge is 2.30. The fraction of sp³-hybridized carbons (Fsp3) is 0.667. The summed E-state index contributed by atoms with van der Waals surface area (Å²) in [5.74, 6) is 0. The number of aliphatic imine (C=N–C) groups is 1. The SMILES string of the molecule is CC1(C)C=C([P+](C)(C)C)C=N1. The average Bonchev–Trinajstić information content (AvgIpc) is 2.07. The molecule has 0 aliphatic carbocycles. The van der Waals surface area contributed by atoms with Crippen molar-refractivity contribution in [3.05, 3.63) is 11.4 Å². The summed E-state index contributed by atoms with van der Waals surface area (Å²) in [5.41, 5.74) is 0.0581. The van der Waals surface area contributed by atoms with Crippen LogP contribution in [0.15, 0.2) is 16.4 Å². The Morgan fingerprint density at radius 3 is 2.00 bits per heavy atom. The molecule has 0 fully saturated rings. The van der Waals surface area contributed by atoms with Crippen molar-refractivity contribution in [3.8, 4) is 0 Å². The minimum atomic E-state index is -0.831. The predicted octanol–water partition coefficient (Wildman–Crippen LogP) is 2.64. The van der Waals surface area contributed by atoms with E-state index in [1.807, 2.05) is 6.21 Å². The van der Waals surface area contributed by atoms with E-state index in [0.29, 0.717) is 0 Å². The Labute approximate surface area is 69.9 Å². The van der Waals surface area contributed by atoms with Gasteiger partial charge >= 0.3 is 0 Å². The molecule has 11 heavy (non-hydrogen) atoms. The molecule has 0 aromatic carbocycles. The van der Waals surface area contributed by atoms with Crippen molar-refractivity contribution in [2.24, 2.45) is 4.99 Å². The zero-order chi connectivity index (χ0) is 8.70. The van der Waals surface area contributed by atoms with E-state index in [4.69, 9.17) is 0 Å². The molecular formula is C9H17NP+. The second kappa shape index (κ2) is 2.42. The Morgan fingerprint density at radius 1 is 1.27 bits per heavy atom. The van der Waals surface area contributed by atoms with Crippen LogP contribution < -0.4 is 0 Å². The van der Waals surface area contributed by atoms with Gasteiger partial charge in [0.1, 0.15) is 5.31 Å². The summed E-state index contributed by atoms with van der Waals surface area (Å²) in [7, 11) is -0.831. The topological polar surface area (TPSA) is 12.4 Å². The summed E-state index contributed by atoms with van der Waals surface area (Å²) >= 11 is 0. The lowest BCUT2D eigenvalue weighted by molar-refractivity contribution is 0.671. The first kappa shape index (κ1) is 8.93. The molecule has 0 spiro atoms. The van der Waals surface area contributed by atoms with Gasteiger partial charge in [0.25, 0.3) is 0 Å². The van der Waals surface area contributed by atoms with E-state index in [-0.39, 0.29) is 5.54 Å².